The number of ether oxygens (including phenoxy) is 1. The molecule has 0 spiro atoms. The van der Waals surface area contributed by atoms with Crippen LogP contribution in [0.15, 0.2) is 23.1 Å². The van der Waals surface area contributed by atoms with Crippen molar-refractivity contribution in [3.63, 3.8) is 0 Å². The predicted octanol–water partition coefficient (Wildman–Crippen LogP) is 1.61. The van der Waals surface area contributed by atoms with Crippen molar-refractivity contribution >= 4 is 21.7 Å². The molecule has 1 heterocycles. The second-order valence-corrected chi connectivity index (χ2v) is 7.99. The third kappa shape index (κ3) is 3.68. The molecular formula is C16H21N3O4S. The molecule has 24 heavy (non-hydrogen) atoms. The zero-order valence-corrected chi connectivity index (χ0v) is 14.8. The highest BCUT2D eigenvalue weighted by Gasteiger charge is 2.26. The number of carbonyl (C=O) groups excluding carboxylic acids is 1. The first kappa shape index (κ1) is 18.2. The largest absolute Gasteiger partial charge is 0.444 e. The van der Waals surface area contributed by atoms with Crippen molar-refractivity contribution in [1.82, 2.24) is 4.31 Å². The Kier molecular flexibility index (Phi) is 5.47. The van der Waals surface area contributed by atoms with Gasteiger partial charge < -0.3 is 9.64 Å². The van der Waals surface area contributed by atoms with Gasteiger partial charge in [-0.3, -0.25) is 0 Å². The van der Waals surface area contributed by atoms with Gasteiger partial charge in [0.1, 0.15) is 6.07 Å². The summed E-state index contributed by atoms with van der Waals surface area (Å²) in [5.41, 5.74) is 0.808. The van der Waals surface area contributed by atoms with Crippen LogP contribution in [-0.4, -0.2) is 52.0 Å². The Hall–Kier alpha value is -2.11. The van der Waals surface area contributed by atoms with Gasteiger partial charge in [0.05, 0.1) is 16.1 Å². The van der Waals surface area contributed by atoms with Gasteiger partial charge in [0.2, 0.25) is 10.0 Å². The summed E-state index contributed by atoms with van der Waals surface area (Å²) in [5.74, 6) is -0.693. The van der Waals surface area contributed by atoms with Crippen LogP contribution in [0.5, 0.6) is 0 Å². The van der Waals surface area contributed by atoms with Crippen LogP contribution >= 0.6 is 0 Å². The van der Waals surface area contributed by atoms with Crippen molar-refractivity contribution in [2.45, 2.75) is 30.8 Å². The molecule has 0 N–H and O–H groups in total. The zero-order chi connectivity index (χ0) is 17.9. The van der Waals surface area contributed by atoms with E-state index in [0.29, 0.717) is 5.69 Å². The topological polar surface area (TPSA) is 90.7 Å². The molecular weight excluding hydrogens is 330 g/mol. The molecule has 1 aromatic rings. The van der Waals surface area contributed by atoms with Gasteiger partial charge in [-0.15, -0.1) is 0 Å². The molecule has 2 rings (SSSR count). The third-order valence-corrected chi connectivity index (χ3v) is 5.69. The van der Waals surface area contributed by atoms with Crippen molar-refractivity contribution < 1.29 is 17.9 Å². The number of esters is 1. The third-order valence-electron chi connectivity index (χ3n) is 3.88. The molecule has 1 aliphatic heterocycles. The zero-order valence-electron chi connectivity index (χ0n) is 14.0. The fourth-order valence-electron chi connectivity index (χ4n) is 2.53. The Morgan fingerprint density at radius 2 is 1.96 bits per heavy atom. The number of sulfonamides is 1. The van der Waals surface area contributed by atoms with Gasteiger partial charge in [0.15, 0.2) is 6.10 Å². The SMILES string of the molecule is C[C@@H](C#N)OC(=O)c1cc(S(=O)(=O)N(C)C)ccc1N1CCCC1. The van der Waals surface area contributed by atoms with Crippen LogP contribution in [0.25, 0.3) is 0 Å². The Morgan fingerprint density at radius 1 is 1.33 bits per heavy atom. The number of anilines is 1. The van der Waals surface area contributed by atoms with E-state index in [9.17, 15) is 13.2 Å². The van der Waals surface area contributed by atoms with Crippen molar-refractivity contribution in [3.8, 4) is 6.07 Å². The minimum atomic E-state index is -3.67. The second kappa shape index (κ2) is 7.20. The van der Waals surface area contributed by atoms with E-state index in [0.717, 1.165) is 30.2 Å². The molecule has 130 valence electrons. The van der Waals surface area contributed by atoms with Gasteiger partial charge in [0.25, 0.3) is 0 Å². The first-order valence-corrected chi connectivity index (χ1v) is 9.13. The monoisotopic (exact) mass is 351 g/mol. The maximum Gasteiger partial charge on any atom is 0.341 e. The number of nitriles is 1. The minimum absolute atomic E-state index is 0.0204. The van der Waals surface area contributed by atoms with E-state index in [1.165, 1.54) is 33.2 Å². The van der Waals surface area contributed by atoms with Gasteiger partial charge in [-0.25, -0.2) is 17.5 Å². The first-order chi connectivity index (χ1) is 11.3. The molecule has 8 heteroatoms. The number of hydrogen-bond acceptors (Lipinski definition) is 6. The fraction of sp³-hybridized carbons (Fsp3) is 0.500. The number of carbonyl (C=O) groups is 1. The van der Waals surface area contributed by atoms with Gasteiger partial charge in [-0.05, 0) is 38.0 Å². The van der Waals surface area contributed by atoms with Crippen molar-refractivity contribution in [2.24, 2.45) is 0 Å². The Morgan fingerprint density at radius 3 is 2.50 bits per heavy atom. The summed E-state index contributed by atoms with van der Waals surface area (Å²) in [7, 11) is -0.805. The van der Waals surface area contributed by atoms with E-state index in [1.807, 2.05) is 11.0 Å². The fourth-order valence-corrected chi connectivity index (χ4v) is 3.46. The maximum absolute atomic E-state index is 12.4. The summed E-state index contributed by atoms with van der Waals surface area (Å²) < 4.78 is 30.8. The quantitative estimate of drug-likeness (QED) is 0.749. The summed E-state index contributed by atoms with van der Waals surface area (Å²) in [6.45, 7) is 3.07. The average molecular weight is 351 g/mol. The summed E-state index contributed by atoms with van der Waals surface area (Å²) >= 11 is 0. The average Bonchev–Trinajstić information content (AvgIpc) is 3.08. The molecule has 0 bridgehead atoms. The molecule has 0 unspecified atom stereocenters. The van der Waals surface area contributed by atoms with Crippen LogP contribution < -0.4 is 4.90 Å². The Bertz CT molecular complexity index is 762. The lowest BCUT2D eigenvalue weighted by molar-refractivity contribution is 0.0436. The number of nitrogens with zero attached hydrogens (tertiary/aromatic N) is 3. The molecule has 0 aromatic heterocycles. The number of benzene rings is 1. The molecule has 0 aliphatic carbocycles. The minimum Gasteiger partial charge on any atom is -0.444 e. The molecule has 1 aromatic carbocycles. The summed E-state index contributed by atoms with van der Waals surface area (Å²) in [4.78, 5) is 14.5. The molecule has 1 atom stereocenters. The van der Waals surface area contributed by atoms with Crippen LogP contribution in [0.2, 0.25) is 0 Å². The van der Waals surface area contributed by atoms with Crippen molar-refractivity contribution in [2.75, 3.05) is 32.1 Å². The van der Waals surface area contributed by atoms with Crippen molar-refractivity contribution in [3.05, 3.63) is 23.8 Å². The first-order valence-electron chi connectivity index (χ1n) is 7.69. The second-order valence-electron chi connectivity index (χ2n) is 5.84. The smallest absolute Gasteiger partial charge is 0.341 e. The van der Waals surface area contributed by atoms with Crippen LogP contribution in [-0.2, 0) is 14.8 Å². The van der Waals surface area contributed by atoms with E-state index >= 15 is 0 Å². The lowest BCUT2D eigenvalue weighted by atomic mass is 10.1. The van der Waals surface area contributed by atoms with Crippen LogP contribution in [0.4, 0.5) is 5.69 Å². The molecule has 1 saturated heterocycles. The summed E-state index contributed by atoms with van der Waals surface area (Å²) in [5, 5.41) is 8.83. The molecule has 7 nitrogen and oxygen atoms in total. The van der Waals surface area contributed by atoms with E-state index < -0.39 is 22.1 Å². The van der Waals surface area contributed by atoms with Gasteiger partial charge in [0, 0.05) is 27.2 Å². The standard InChI is InChI=1S/C16H21N3O4S/c1-12(11-17)23-16(20)14-10-13(24(21,22)18(2)3)6-7-15(14)19-8-4-5-9-19/h6-7,10,12H,4-5,8-9H2,1-3H3/t12-/m0/s1. The predicted molar refractivity (Wildman–Crippen MR) is 89.3 cm³/mol. The highest BCUT2D eigenvalue weighted by atomic mass is 32.2. The molecule has 1 fully saturated rings. The Labute approximate surface area is 142 Å². The van der Waals surface area contributed by atoms with E-state index in [1.54, 1.807) is 6.07 Å². The number of rotatable bonds is 5. The Balaban J connectivity index is 2.49. The lowest BCUT2D eigenvalue weighted by Crippen LogP contribution is -2.25. The lowest BCUT2D eigenvalue weighted by Gasteiger charge is -2.22. The van der Waals surface area contributed by atoms with Crippen molar-refractivity contribution in [1.29, 1.82) is 5.26 Å². The summed E-state index contributed by atoms with van der Waals surface area (Å²) in [6, 6.07) is 6.29. The van der Waals surface area contributed by atoms with Crippen LogP contribution in [0, 0.1) is 11.3 Å². The van der Waals surface area contributed by atoms with Gasteiger partial charge in [-0.2, -0.15) is 5.26 Å². The van der Waals surface area contributed by atoms with Crippen LogP contribution in [0.3, 0.4) is 0 Å². The molecule has 0 radical (unpaired) electrons. The number of hydrogen-bond donors (Lipinski definition) is 0. The van der Waals surface area contributed by atoms with E-state index in [4.69, 9.17) is 10.00 Å². The summed E-state index contributed by atoms with van der Waals surface area (Å²) in [6.07, 6.45) is 1.12. The molecule has 1 aliphatic rings. The van der Waals surface area contributed by atoms with Gasteiger partial charge >= 0.3 is 5.97 Å². The highest BCUT2D eigenvalue weighted by Crippen LogP contribution is 2.29. The van der Waals surface area contributed by atoms with Gasteiger partial charge in [-0.1, -0.05) is 0 Å². The van der Waals surface area contributed by atoms with E-state index in [-0.39, 0.29) is 10.5 Å². The normalized spacial score (nSPS) is 16.0. The maximum atomic E-state index is 12.4. The molecule has 0 amide bonds. The van der Waals surface area contributed by atoms with Crippen LogP contribution in [0.1, 0.15) is 30.1 Å². The van der Waals surface area contributed by atoms with E-state index in [2.05, 4.69) is 0 Å². The molecule has 0 saturated carbocycles. The highest BCUT2D eigenvalue weighted by molar-refractivity contribution is 7.89.